The first-order valence-electron chi connectivity index (χ1n) is 8.37. The number of allylic oxidation sites excluding steroid dienone is 2. The average Bonchev–Trinajstić information content (AvgIpc) is 2.56. The van der Waals surface area contributed by atoms with Gasteiger partial charge in [0.2, 0.25) is 15.9 Å². The van der Waals surface area contributed by atoms with Crippen LogP contribution in [0.3, 0.4) is 0 Å². The Morgan fingerprint density at radius 2 is 1.65 bits per heavy atom. The third kappa shape index (κ3) is 4.92. The van der Waals surface area contributed by atoms with Crippen LogP contribution >= 0.6 is 0 Å². The number of benzene rings is 1. The van der Waals surface area contributed by atoms with Crippen molar-refractivity contribution in [3.05, 3.63) is 41.0 Å². The van der Waals surface area contributed by atoms with Crippen molar-refractivity contribution in [1.29, 1.82) is 0 Å². The molecule has 1 aliphatic rings. The number of nitrogens with one attached hydrogen (secondary N) is 1. The number of amides is 1. The molecular weight excluding hydrogens is 356 g/mol. The SMILES string of the molecule is CC1=C(C)C[C@@H](C(=O)NCCc2ccc(S(N)(=O)=O)cc2)[C@@H](C(=O)O)C1. The zero-order chi connectivity index (χ0) is 19.5. The number of primary sulfonamides is 1. The van der Waals surface area contributed by atoms with Gasteiger partial charge in [0.25, 0.3) is 0 Å². The number of hydrogen-bond donors (Lipinski definition) is 3. The summed E-state index contributed by atoms with van der Waals surface area (Å²) in [6.07, 6.45) is 1.36. The summed E-state index contributed by atoms with van der Waals surface area (Å²) < 4.78 is 22.5. The van der Waals surface area contributed by atoms with Gasteiger partial charge in [-0.25, -0.2) is 13.6 Å². The molecule has 0 unspecified atom stereocenters. The lowest BCUT2D eigenvalue weighted by Gasteiger charge is -2.29. The minimum Gasteiger partial charge on any atom is -0.481 e. The Bertz CT molecular complexity index is 828. The largest absolute Gasteiger partial charge is 0.481 e. The third-order valence-electron chi connectivity index (χ3n) is 4.89. The molecule has 2 atom stereocenters. The zero-order valence-corrected chi connectivity index (χ0v) is 15.7. The van der Waals surface area contributed by atoms with Crippen LogP contribution in [0, 0.1) is 11.8 Å². The van der Waals surface area contributed by atoms with Gasteiger partial charge in [-0.3, -0.25) is 9.59 Å². The summed E-state index contributed by atoms with van der Waals surface area (Å²) >= 11 is 0. The summed E-state index contributed by atoms with van der Waals surface area (Å²) in [6, 6.07) is 6.13. The second-order valence-corrected chi connectivity index (χ2v) is 8.31. The summed E-state index contributed by atoms with van der Waals surface area (Å²) in [4.78, 5) is 24.0. The molecule has 0 aliphatic heterocycles. The fraction of sp³-hybridized carbons (Fsp3) is 0.444. The molecular formula is C18H24N2O5S. The molecule has 0 bridgehead atoms. The lowest BCUT2D eigenvalue weighted by atomic mass is 9.76. The molecule has 4 N–H and O–H groups in total. The number of carboxylic acids is 1. The maximum absolute atomic E-state index is 12.4. The lowest BCUT2D eigenvalue weighted by Crippen LogP contribution is -2.40. The Hall–Kier alpha value is -2.19. The lowest BCUT2D eigenvalue weighted by molar-refractivity contribution is -0.147. The first kappa shape index (κ1) is 20.1. The van der Waals surface area contributed by atoms with Gasteiger partial charge in [0, 0.05) is 6.54 Å². The summed E-state index contributed by atoms with van der Waals surface area (Å²) in [5.41, 5.74) is 2.96. The molecule has 2 rings (SSSR count). The molecule has 1 aromatic rings. The van der Waals surface area contributed by atoms with Crippen LogP contribution in [0.4, 0.5) is 0 Å². The normalized spacial score (nSPS) is 20.7. The predicted molar refractivity (Wildman–Crippen MR) is 96.8 cm³/mol. The van der Waals surface area contributed by atoms with Crippen LogP contribution in [-0.4, -0.2) is 31.9 Å². The van der Waals surface area contributed by atoms with Gasteiger partial charge in [-0.05, 0) is 50.8 Å². The smallest absolute Gasteiger partial charge is 0.307 e. The fourth-order valence-electron chi connectivity index (χ4n) is 3.13. The van der Waals surface area contributed by atoms with E-state index in [1.165, 1.54) is 12.1 Å². The monoisotopic (exact) mass is 380 g/mol. The van der Waals surface area contributed by atoms with E-state index in [9.17, 15) is 23.1 Å². The van der Waals surface area contributed by atoms with Crippen molar-refractivity contribution >= 4 is 21.9 Å². The fourth-order valence-corrected chi connectivity index (χ4v) is 3.65. The number of carbonyl (C=O) groups excluding carboxylic acids is 1. The molecule has 0 saturated carbocycles. The van der Waals surface area contributed by atoms with Crippen molar-refractivity contribution in [3.8, 4) is 0 Å². The molecule has 8 heteroatoms. The molecule has 0 aromatic heterocycles. The van der Waals surface area contributed by atoms with Crippen molar-refractivity contribution in [2.24, 2.45) is 17.0 Å². The number of carboxylic acid groups (broad SMARTS) is 1. The molecule has 7 nitrogen and oxygen atoms in total. The number of hydrogen-bond acceptors (Lipinski definition) is 4. The first-order chi connectivity index (χ1) is 12.1. The van der Waals surface area contributed by atoms with E-state index in [4.69, 9.17) is 5.14 Å². The topological polar surface area (TPSA) is 127 Å². The van der Waals surface area contributed by atoms with Gasteiger partial charge in [0.05, 0.1) is 16.7 Å². The van der Waals surface area contributed by atoms with Crippen molar-refractivity contribution in [1.82, 2.24) is 5.32 Å². The highest BCUT2D eigenvalue weighted by molar-refractivity contribution is 7.89. The van der Waals surface area contributed by atoms with Gasteiger partial charge >= 0.3 is 5.97 Å². The Morgan fingerprint density at radius 3 is 2.15 bits per heavy atom. The van der Waals surface area contributed by atoms with Crippen molar-refractivity contribution in [2.45, 2.75) is 38.0 Å². The Kier molecular flexibility index (Phi) is 6.20. The van der Waals surface area contributed by atoms with Gasteiger partial charge in [-0.15, -0.1) is 0 Å². The van der Waals surface area contributed by atoms with E-state index in [1.807, 2.05) is 13.8 Å². The minimum absolute atomic E-state index is 0.0365. The molecule has 1 aromatic carbocycles. The number of aliphatic carboxylic acids is 1. The van der Waals surface area contributed by atoms with Crippen LogP contribution in [0.1, 0.15) is 32.3 Å². The van der Waals surface area contributed by atoms with Crippen LogP contribution in [0.2, 0.25) is 0 Å². The molecule has 0 fully saturated rings. The van der Waals surface area contributed by atoms with E-state index in [0.29, 0.717) is 25.8 Å². The standard InChI is InChI=1S/C18H24N2O5S/c1-11-9-15(16(18(22)23)10-12(11)2)17(21)20-8-7-13-3-5-14(6-4-13)26(19,24)25/h3-6,15-16H,7-10H2,1-2H3,(H,20,21)(H,22,23)(H2,19,24,25)/t15-,16+/m1/s1. The van der Waals surface area contributed by atoms with E-state index in [2.05, 4.69) is 5.32 Å². The van der Waals surface area contributed by atoms with E-state index < -0.39 is 27.8 Å². The van der Waals surface area contributed by atoms with Gasteiger partial charge in [-0.2, -0.15) is 0 Å². The number of rotatable bonds is 6. The highest BCUT2D eigenvalue weighted by atomic mass is 32.2. The maximum atomic E-state index is 12.4. The average molecular weight is 380 g/mol. The van der Waals surface area contributed by atoms with Crippen LogP contribution < -0.4 is 10.5 Å². The Morgan fingerprint density at radius 1 is 1.12 bits per heavy atom. The molecule has 0 saturated heterocycles. The van der Waals surface area contributed by atoms with Gasteiger partial charge in [-0.1, -0.05) is 23.3 Å². The summed E-state index contributed by atoms with van der Waals surface area (Å²) in [6.45, 7) is 4.18. The molecule has 142 valence electrons. The van der Waals surface area contributed by atoms with E-state index in [1.54, 1.807) is 12.1 Å². The molecule has 0 radical (unpaired) electrons. The van der Waals surface area contributed by atoms with E-state index in [0.717, 1.165) is 16.7 Å². The predicted octanol–water partition coefficient (Wildman–Crippen LogP) is 1.44. The molecule has 1 amide bonds. The van der Waals surface area contributed by atoms with Gasteiger partial charge in [0.1, 0.15) is 0 Å². The maximum Gasteiger partial charge on any atom is 0.307 e. The van der Waals surface area contributed by atoms with Crippen molar-refractivity contribution in [2.75, 3.05) is 6.54 Å². The number of carbonyl (C=O) groups is 2. The summed E-state index contributed by atoms with van der Waals surface area (Å²) in [5.74, 6) is -2.48. The quantitative estimate of drug-likeness (QED) is 0.644. The number of nitrogens with two attached hydrogens (primary N) is 1. The third-order valence-corrected chi connectivity index (χ3v) is 5.81. The summed E-state index contributed by atoms with van der Waals surface area (Å²) in [5, 5.41) is 17.2. The molecule has 1 aliphatic carbocycles. The first-order valence-corrected chi connectivity index (χ1v) is 9.91. The summed E-state index contributed by atoms with van der Waals surface area (Å²) in [7, 11) is -3.72. The van der Waals surface area contributed by atoms with Crippen LogP contribution in [0.25, 0.3) is 0 Å². The zero-order valence-electron chi connectivity index (χ0n) is 14.9. The van der Waals surface area contributed by atoms with Crippen LogP contribution in [0.5, 0.6) is 0 Å². The highest BCUT2D eigenvalue weighted by Gasteiger charge is 2.36. The number of sulfonamides is 1. The minimum atomic E-state index is -3.72. The van der Waals surface area contributed by atoms with Crippen molar-refractivity contribution < 1.29 is 23.1 Å². The highest BCUT2D eigenvalue weighted by Crippen LogP contribution is 2.34. The van der Waals surface area contributed by atoms with E-state index >= 15 is 0 Å². The van der Waals surface area contributed by atoms with Gasteiger partial charge < -0.3 is 10.4 Å². The second kappa shape index (κ2) is 8.01. The van der Waals surface area contributed by atoms with Crippen molar-refractivity contribution in [3.63, 3.8) is 0 Å². The molecule has 26 heavy (non-hydrogen) atoms. The van der Waals surface area contributed by atoms with E-state index in [-0.39, 0.29) is 10.8 Å². The molecule has 0 heterocycles. The van der Waals surface area contributed by atoms with Crippen LogP contribution in [0.15, 0.2) is 40.3 Å². The Labute approximate surface area is 153 Å². The Balaban J connectivity index is 1.94. The second-order valence-electron chi connectivity index (χ2n) is 6.75. The van der Waals surface area contributed by atoms with Crippen LogP contribution in [-0.2, 0) is 26.0 Å². The molecule has 0 spiro atoms. The van der Waals surface area contributed by atoms with Gasteiger partial charge in [0.15, 0.2) is 0 Å².